The van der Waals surface area contributed by atoms with Crippen LogP contribution in [-0.4, -0.2) is 11.5 Å². The van der Waals surface area contributed by atoms with Gasteiger partial charge >= 0.3 is 6.18 Å². The first kappa shape index (κ1) is 14.5. The number of rotatable bonds is 4. The van der Waals surface area contributed by atoms with Crippen molar-refractivity contribution in [3.05, 3.63) is 65.9 Å². The Morgan fingerprint density at radius 2 is 1.68 bits per heavy atom. The number of aromatic nitrogens is 1. The summed E-state index contributed by atoms with van der Waals surface area (Å²) in [5.74, 6) is 0. The molecule has 2 nitrogen and oxygen atoms in total. The molecule has 3 aromatic rings. The van der Waals surface area contributed by atoms with Crippen LogP contribution in [0.3, 0.4) is 0 Å². The predicted molar refractivity (Wildman–Crippen MR) is 81.9 cm³/mol. The normalized spacial score (nSPS) is 11.8. The van der Waals surface area contributed by atoms with Crippen LogP contribution < -0.4 is 5.32 Å². The van der Waals surface area contributed by atoms with Gasteiger partial charge in [-0.05, 0) is 42.3 Å². The SMILES string of the molecule is FC(F)(F)c1ccc(NCCc2c[nH]c3ccccc23)cc1. The van der Waals surface area contributed by atoms with Crippen molar-refractivity contribution in [1.82, 2.24) is 4.98 Å². The largest absolute Gasteiger partial charge is 0.416 e. The van der Waals surface area contributed by atoms with Crippen molar-refractivity contribution < 1.29 is 13.2 Å². The first-order valence-electron chi connectivity index (χ1n) is 7.00. The minimum absolute atomic E-state index is 0.630. The molecule has 22 heavy (non-hydrogen) atoms. The van der Waals surface area contributed by atoms with E-state index in [1.54, 1.807) is 0 Å². The number of fused-ring (bicyclic) bond motifs is 1. The van der Waals surface area contributed by atoms with Gasteiger partial charge in [-0.2, -0.15) is 13.2 Å². The number of halogens is 3. The highest BCUT2D eigenvalue weighted by Crippen LogP contribution is 2.29. The molecule has 0 unspecified atom stereocenters. The van der Waals surface area contributed by atoms with E-state index in [-0.39, 0.29) is 0 Å². The summed E-state index contributed by atoms with van der Waals surface area (Å²) in [4.78, 5) is 3.21. The van der Waals surface area contributed by atoms with Crippen molar-refractivity contribution in [3.63, 3.8) is 0 Å². The molecular formula is C17H15F3N2. The lowest BCUT2D eigenvalue weighted by atomic mass is 10.1. The van der Waals surface area contributed by atoms with Gasteiger partial charge in [0.25, 0.3) is 0 Å². The van der Waals surface area contributed by atoms with E-state index in [0.717, 1.165) is 24.1 Å². The van der Waals surface area contributed by atoms with Crippen LogP contribution in [0.2, 0.25) is 0 Å². The Morgan fingerprint density at radius 1 is 0.955 bits per heavy atom. The maximum absolute atomic E-state index is 12.5. The number of alkyl halides is 3. The zero-order chi connectivity index (χ0) is 15.6. The maximum atomic E-state index is 12.5. The lowest BCUT2D eigenvalue weighted by molar-refractivity contribution is -0.137. The number of benzene rings is 2. The minimum Gasteiger partial charge on any atom is -0.385 e. The van der Waals surface area contributed by atoms with E-state index in [2.05, 4.69) is 16.4 Å². The molecule has 2 aromatic carbocycles. The summed E-state index contributed by atoms with van der Waals surface area (Å²) in [6, 6.07) is 13.1. The van der Waals surface area contributed by atoms with Gasteiger partial charge in [0.15, 0.2) is 0 Å². The molecule has 0 saturated heterocycles. The second kappa shape index (κ2) is 5.75. The van der Waals surface area contributed by atoms with E-state index in [1.165, 1.54) is 23.1 Å². The highest BCUT2D eigenvalue weighted by Gasteiger charge is 2.29. The third-order valence-electron chi connectivity index (χ3n) is 3.61. The smallest absolute Gasteiger partial charge is 0.385 e. The van der Waals surface area contributed by atoms with Crippen LogP contribution in [0.15, 0.2) is 54.7 Å². The van der Waals surface area contributed by atoms with E-state index in [4.69, 9.17) is 0 Å². The van der Waals surface area contributed by atoms with Gasteiger partial charge in [-0.15, -0.1) is 0 Å². The predicted octanol–water partition coefficient (Wildman–Crippen LogP) is 4.84. The van der Waals surface area contributed by atoms with Gasteiger partial charge in [-0.25, -0.2) is 0 Å². The van der Waals surface area contributed by atoms with Crippen molar-refractivity contribution in [3.8, 4) is 0 Å². The second-order valence-corrected chi connectivity index (χ2v) is 5.11. The average Bonchev–Trinajstić information content (AvgIpc) is 2.90. The summed E-state index contributed by atoms with van der Waals surface area (Å²) in [7, 11) is 0. The lowest BCUT2D eigenvalue weighted by Gasteiger charge is -2.09. The van der Waals surface area contributed by atoms with Crippen LogP contribution in [0, 0.1) is 0 Å². The van der Waals surface area contributed by atoms with Gasteiger partial charge < -0.3 is 10.3 Å². The van der Waals surface area contributed by atoms with Crippen molar-refractivity contribution in [2.75, 3.05) is 11.9 Å². The topological polar surface area (TPSA) is 27.8 Å². The third-order valence-corrected chi connectivity index (χ3v) is 3.61. The molecule has 2 N–H and O–H groups in total. The van der Waals surface area contributed by atoms with E-state index in [1.807, 2.05) is 24.4 Å². The molecule has 0 aliphatic carbocycles. The third kappa shape index (κ3) is 3.08. The number of para-hydroxylation sites is 1. The number of H-pyrrole nitrogens is 1. The molecular weight excluding hydrogens is 289 g/mol. The summed E-state index contributed by atoms with van der Waals surface area (Å²) in [6.07, 6.45) is -1.52. The van der Waals surface area contributed by atoms with Crippen molar-refractivity contribution in [2.45, 2.75) is 12.6 Å². The molecule has 0 spiro atoms. The Balaban J connectivity index is 1.61. The monoisotopic (exact) mass is 304 g/mol. The van der Waals surface area contributed by atoms with Crippen LogP contribution in [0.5, 0.6) is 0 Å². The van der Waals surface area contributed by atoms with Crippen molar-refractivity contribution >= 4 is 16.6 Å². The summed E-state index contributed by atoms with van der Waals surface area (Å²) < 4.78 is 37.4. The average molecular weight is 304 g/mol. The second-order valence-electron chi connectivity index (χ2n) is 5.11. The number of anilines is 1. The zero-order valence-corrected chi connectivity index (χ0v) is 11.7. The molecule has 0 fully saturated rings. The van der Waals surface area contributed by atoms with Gasteiger partial charge in [-0.3, -0.25) is 0 Å². The van der Waals surface area contributed by atoms with Gasteiger partial charge in [0.05, 0.1) is 5.56 Å². The Labute approximate surface area is 126 Å². The van der Waals surface area contributed by atoms with Gasteiger partial charge in [0.2, 0.25) is 0 Å². The fourth-order valence-electron chi connectivity index (χ4n) is 2.46. The van der Waals surface area contributed by atoms with Crippen LogP contribution in [0.4, 0.5) is 18.9 Å². The summed E-state index contributed by atoms with van der Waals surface area (Å²) in [6.45, 7) is 0.660. The van der Waals surface area contributed by atoms with Gasteiger partial charge in [-0.1, -0.05) is 18.2 Å². The number of hydrogen-bond donors (Lipinski definition) is 2. The first-order chi connectivity index (χ1) is 10.5. The molecule has 1 aromatic heterocycles. The highest BCUT2D eigenvalue weighted by molar-refractivity contribution is 5.83. The zero-order valence-electron chi connectivity index (χ0n) is 11.7. The summed E-state index contributed by atoms with van der Waals surface area (Å²) in [5, 5.41) is 4.32. The van der Waals surface area contributed by atoms with Gasteiger partial charge in [0.1, 0.15) is 0 Å². The molecule has 0 aliphatic heterocycles. The van der Waals surface area contributed by atoms with Crippen molar-refractivity contribution in [1.29, 1.82) is 0 Å². The summed E-state index contributed by atoms with van der Waals surface area (Å²) in [5.41, 5.74) is 2.34. The Bertz CT molecular complexity index is 757. The van der Waals surface area contributed by atoms with Gasteiger partial charge in [0, 0.05) is 29.3 Å². The number of nitrogens with one attached hydrogen (secondary N) is 2. The molecule has 5 heteroatoms. The molecule has 0 atom stereocenters. The molecule has 0 amide bonds. The van der Waals surface area contributed by atoms with Crippen LogP contribution in [0.1, 0.15) is 11.1 Å². The number of aromatic amines is 1. The molecule has 0 saturated carbocycles. The molecule has 0 bridgehead atoms. The highest BCUT2D eigenvalue weighted by atomic mass is 19.4. The fourth-order valence-corrected chi connectivity index (χ4v) is 2.46. The Morgan fingerprint density at radius 3 is 2.41 bits per heavy atom. The van der Waals surface area contributed by atoms with Crippen LogP contribution in [-0.2, 0) is 12.6 Å². The number of hydrogen-bond acceptors (Lipinski definition) is 1. The molecule has 0 radical (unpaired) electrons. The standard InChI is InChI=1S/C17H15F3N2/c18-17(19,20)13-5-7-14(8-6-13)21-10-9-12-11-22-16-4-2-1-3-15(12)16/h1-8,11,21-22H,9-10H2. The van der Waals surface area contributed by atoms with E-state index < -0.39 is 11.7 Å². The van der Waals surface area contributed by atoms with E-state index >= 15 is 0 Å². The maximum Gasteiger partial charge on any atom is 0.416 e. The fraction of sp³-hybridized carbons (Fsp3) is 0.176. The molecule has 114 valence electrons. The Kier molecular flexibility index (Phi) is 3.79. The van der Waals surface area contributed by atoms with E-state index in [0.29, 0.717) is 12.2 Å². The Hall–Kier alpha value is -2.43. The lowest BCUT2D eigenvalue weighted by Crippen LogP contribution is -2.07. The summed E-state index contributed by atoms with van der Waals surface area (Å²) >= 11 is 0. The molecule has 1 heterocycles. The first-order valence-corrected chi connectivity index (χ1v) is 7.00. The van der Waals surface area contributed by atoms with Crippen molar-refractivity contribution in [2.24, 2.45) is 0 Å². The van der Waals surface area contributed by atoms with E-state index in [9.17, 15) is 13.2 Å². The quantitative estimate of drug-likeness (QED) is 0.709. The minimum atomic E-state index is -4.29. The molecule has 0 aliphatic rings. The van der Waals surface area contributed by atoms with Crippen LogP contribution >= 0.6 is 0 Å². The molecule has 3 rings (SSSR count). The van der Waals surface area contributed by atoms with Crippen LogP contribution in [0.25, 0.3) is 10.9 Å².